The molecule has 1 saturated heterocycles. The van der Waals surface area contributed by atoms with Gasteiger partial charge in [-0.05, 0) is 30.2 Å². The molecule has 1 aromatic rings. The normalized spacial score (nSPS) is 18.1. The van der Waals surface area contributed by atoms with Gasteiger partial charge in [0.25, 0.3) is 0 Å². The van der Waals surface area contributed by atoms with Gasteiger partial charge in [-0.3, -0.25) is 4.90 Å². The molecule has 0 amide bonds. The van der Waals surface area contributed by atoms with E-state index in [-0.39, 0.29) is 0 Å². The maximum absolute atomic E-state index is 6.20. The lowest BCUT2D eigenvalue weighted by Gasteiger charge is -2.36. The molecule has 4 heteroatoms. The van der Waals surface area contributed by atoms with Gasteiger partial charge in [0.2, 0.25) is 0 Å². The molecule has 1 atom stereocenters. The predicted molar refractivity (Wildman–Crippen MR) is 87.2 cm³/mol. The van der Waals surface area contributed by atoms with Crippen molar-refractivity contribution in [2.45, 2.75) is 38.6 Å². The number of hydrogen-bond donors (Lipinski definition) is 2. The molecule has 3 N–H and O–H groups in total. The van der Waals surface area contributed by atoms with Crippen LogP contribution in [-0.2, 0) is 0 Å². The maximum Gasteiger partial charge on any atom is 0.0410 e. The van der Waals surface area contributed by atoms with Gasteiger partial charge in [0.15, 0.2) is 0 Å². The Morgan fingerprint density at radius 1 is 1.30 bits per heavy atom. The second-order valence-corrected chi connectivity index (χ2v) is 6.01. The Bertz CT molecular complexity index is 416. The number of unbranched alkanes of at least 4 members (excludes halogenated alkanes) is 2. The van der Waals surface area contributed by atoms with Crippen molar-refractivity contribution in [3.8, 4) is 0 Å². The topological polar surface area (TPSA) is 41.3 Å². The van der Waals surface area contributed by atoms with Crippen molar-refractivity contribution < 1.29 is 0 Å². The van der Waals surface area contributed by atoms with E-state index in [1.54, 1.807) is 0 Å². The highest BCUT2D eigenvalue weighted by atomic mass is 35.5. The molecule has 0 unspecified atom stereocenters. The summed E-state index contributed by atoms with van der Waals surface area (Å²) >= 11 is 6.17. The number of nitrogens with zero attached hydrogens (tertiary/aromatic N) is 1. The second-order valence-electron chi connectivity index (χ2n) is 5.57. The van der Waals surface area contributed by atoms with Crippen LogP contribution in [0.25, 0.3) is 0 Å². The Labute approximate surface area is 127 Å². The first-order valence-corrected chi connectivity index (χ1v) is 8.10. The van der Waals surface area contributed by atoms with Crippen molar-refractivity contribution in [3.63, 3.8) is 0 Å². The minimum atomic E-state index is 0.405. The summed E-state index contributed by atoms with van der Waals surface area (Å²) in [4.78, 5) is 2.55. The van der Waals surface area contributed by atoms with Crippen LogP contribution in [0.4, 0.5) is 5.69 Å². The number of nitrogen functional groups attached to an aromatic ring is 1. The highest BCUT2D eigenvalue weighted by Crippen LogP contribution is 2.32. The van der Waals surface area contributed by atoms with Crippen LogP contribution in [-0.4, -0.2) is 31.1 Å². The summed E-state index contributed by atoms with van der Waals surface area (Å²) < 4.78 is 0. The molecule has 0 aliphatic carbocycles. The lowest BCUT2D eigenvalue weighted by Crippen LogP contribution is -2.45. The van der Waals surface area contributed by atoms with Crippen molar-refractivity contribution in [1.29, 1.82) is 0 Å². The van der Waals surface area contributed by atoms with Gasteiger partial charge in [-0.2, -0.15) is 0 Å². The van der Waals surface area contributed by atoms with Gasteiger partial charge >= 0.3 is 0 Å². The first-order valence-electron chi connectivity index (χ1n) is 7.72. The van der Waals surface area contributed by atoms with Crippen molar-refractivity contribution in [3.05, 3.63) is 28.8 Å². The molecule has 1 aromatic carbocycles. The Hall–Kier alpha value is -0.770. The van der Waals surface area contributed by atoms with Crippen LogP contribution in [0.2, 0.25) is 5.02 Å². The highest BCUT2D eigenvalue weighted by molar-refractivity contribution is 6.30. The number of rotatable bonds is 6. The van der Waals surface area contributed by atoms with Crippen LogP contribution in [0.3, 0.4) is 0 Å². The highest BCUT2D eigenvalue weighted by Gasteiger charge is 2.23. The molecule has 2 rings (SSSR count). The molecule has 0 spiro atoms. The van der Waals surface area contributed by atoms with Crippen molar-refractivity contribution in [1.82, 2.24) is 10.2 Å². The minimum Gasteiger partial charge on any atom is -0.398 e. The van der Waals surface area contributed by atoms with E-state index in [1.807, 2.05) is 12.1 Å². The van der Waals surface area contributed by atoms with Crippen molar-refractivity contribution >= 4 is 17.3 Å². The average Bonchev–Trinajstić information content (AvgIpc) is 2.48. The number of hydrogen-bond acceptors (Lipinski definition) is 3. The molecule has 1 aliphatic heterocycles. The summed E-state index contributed by atoms with van der Waals surface area (Å²) in [7, 11) is 0. The summed E-state index contributed by atoms with van der Waals surface area (Å²) in [6.07, 6.45) is 4.94. The predicted octanol–water partition coefficient (Wildman–Crippen LogP) is 3.45. The van der Waals surface area contributed by atoms with Crippen LogP contribution in [0, 0.1) is 0 Å². The summed E-state index contributed by atoms with van der Waals surface area (Å²) in [5, 5.41) is 4.20. The van der Waals surface area contributed by atoms with Crippen molar-refractivity contribution in [2.24, 2.45) is 0 Å². The number of anilines is 1. The van der Waals surface area contributed by atoms with Crippen LogP contribution in [0.1, 0.15) is 44.2 Å². The molecule has 1 fully saturated rings. The number of benzene rings is 1. The number of piperazine rings is 1. The van der Waals surface area contributed by atoms with E-state index >= 15 is 0 Å². The van der Waals surface area contributed by atoms with E-state index in [1.165, 1.54) is 31.2 Å². The second kappa shape index (κ2) is 7.87. The molecule has 112 valence electrons. The van der Waals surface area contributed by atoms with E-state index in [4.69, 9.17) is 17.3 Å². The molecule has 20 heavy (non-hydrogen) atoms. The Morgan fingerprint density at radius 2 is 2.05 bits per heavy atom. The zero-order valence-corrected chi connectivity index (χ0v) is 13.1. The Kier molecular flexibility index (Phi) is 6.14. The van der Waals surface area contributed by atoms with Crippen LogP contribution >= 0.6 is 11.6 Å². The van der Waals surface area contributed by atoms with Gasteiger partial charge in [-0.25, -0.2) is 0 Å². The minimum absolute atomic E-state index is 0.405. The van der Waals surface area contributed by atoms with Crippen LogP contribution in [0.5, 0.6) is 0 Å². The standard InChI is InChI=1S/C16H26ClN3/c1-2-3-4-5-16(20-10-8-19-9-11-20)14-12-13(17)6-7-15(14)18/h6-7,12,16,19H,2-5,8-11,18H2,1H3/t16-/m1/s1. The van der Waals surface area contributed by atoms with Crippen molar-refractivity contribution in [2.75, 3.05) is 31.9 Å². The number of nitrogens with one attached hydrogen (secondary N) is 1. The number of halogens is 1. The molecule has 1 heterocycles. The van der Waals surface area contributed by atoms with Crippen LogP contribution < -0.4 is 11.1 Å². The Morgan fingerprint density at radius 3 is 2.75 bits per heavy atom. The summed E-state index contributed by atoms with van der Waals surface area (Å²) in [5.41, 5.74) is 8.27. The third-order valence-corrected chi connectivity index (χ3v) is 4.32. The van der Waals surface area contributed by atoms with Gasteiger partial charge < -0.3 is 11.1 Å². The van der Waals surface area contributed by atoms with E-state index < -0.39 is 0 Å². The van der Waals surface area contributed by atoms with Gasteiger partial charge in [-0.1, -0.05) is 37.8 Å². The molecular weight excluding hydrogens is 270 g/mol. The smallest absolute Gasteiger partial charge is 0.0410 e. The first kappa shape index (κ1) is 15.6. The Balaban J connectivity index is 2.17. The average molecular weight is 296 g/mol. The lowest BCUT2D eigenvalue weighted by atomic mass is 9.96. The molecule has 0 radical (unpaired) electrons. The van der Waals surface area contributed by atoms with Gasteiger partial charge in [0, 0.05) is 42.9 Å². The van der Waals surface area contributed by atoms with E-state index in [9.17, 15) is 0 Å². The van der Waals surface area contributed by atoms with Crippen LogP contribution in [0.15, 0.2) is 18.2 Å². The monoisotopic (exact) mass is 295 g/mol. The van der Waals surface area contributed by atoms with Gasteiger partial charge in [-0.15, -0.1) is 0 Å². The third-order valence-electron chi connectivity index (χ3n) is 4.08. The van der Waals surface area contributed by atoms with E-state index in [2.05, 4.69) is 23.2 Å². The third kappa shape index (κ3) is 4.11. The molecule has 0 aromatic heterocycles. The summed E-state index contributed by atoms with van der Waals surface area (Å²) in [5.74, 6) is 0. The number of nitrogens with two attached hydrogens (primary N) is 1. The molecule has 1 aliphatic rings. The van der Waals surface area contributed by atoms with E-state index in [0.29, 0.717) is 6.04 Å². The molecular formula is C16H26ClN3. The van der Waals surface area contributed by atoms with E-state index in [0.717, 1.165) is 36.9 Å². The zero-order chi connectivity index (χ0) is 14.4. The fraction of sp³-hybridized carbons (Fsp3) is 0.625. The fourth-order valence-corrected chi connectivity index (χ4v) is 3.13. The van der Waals surface area contributed by atoms with Gasteiger partial charge in [0.1, 0.15) is 0 Å². The molecule has 3 nitrogen and oxygen atoms in total. The largest absolute Gasteiger partial charge is 0.398 e. The molecule has 0 bridgehead atoms. The molecule has 0 saturated carbocycles. The zero-order valence-electron chi connectivity index (χ0n) is 12.4. The van der Waals surface area contributed by atoms with Gasteiger partial charge in [0.05, 0.1) is 0 Å². The lowest BCUT2D eigenvalue weighted by molar-refractivity contribution is 0.163. The summed E-state index contributed by atoms with van der Waals surface area (Å²) in [6, 6.07) is 6.27. The quantitative estimate of drug-likeness (QED) is 0.624. The first-order chi connectivity index (χ1) is 9.72. The fourth-order valence-electron chi connectivity index (χ4n) is 2.95. The SMILES string of the molecule is CCCCC[C@H](c1cc(Cl)ccc1N)N1CCNCC1. The summed E-state index contributed by atoms with van der Waals surface area (Å²) in [6.45, 7) is 6.54. The maximum atomic E-state index is 6.20.